The van der Waals surface area contributed by atoms with Gasteiger partial charge >= 0.3 is 12.1 Å². The van der Waals surface area contributed by atoms with E-state index in [9.17, 15) is 14.4 Å². The predicted octanol–water partition coefficient (Wildman–Crippen LogP) is 5.07. The molecule has 186 valence electrons. The molecule has 0 N–H and O–H groups in total. The number of likely N-dealkylation sites (tertiary alicyclic amines) is 1. The topological polar surface area (TPSA) is 82.1 Å². The van der Waals surface area contributed by atoms with Crippen molar-refractivity contribution in [2.75, 3.05) is 13.7 Å². The van der Waals surface area contributed by atoms with Crippen molar-refractivity contribution in [2.24, 2.45) is 11.3 Å². The Balaban J connectivity index is 2.03. The van der Waals surface area contributed by atoms with E-state index in [1.54, 1.807) is 0 Å². The van der Waals surface area contributed by atoms with Crippen LogP contribution in [0.1, 0.15) is 46.1 Å². The van der Waals surface area contributed by atoms with Crippen molar-refractivity contribution < 1.29 is 28.3 Å². The van der Waals surface area contributed by atoms with E-state index in [4.69, 9.17) is 13.9 Å². The predicted molar refractivity (Wildman–Crippen MR) is 131 cm³/mol. The fraction of sp³-hybridized carbons (Fsp3) is 0.577. The van der Waals surface area contributed by atoms with Crippen molar-refractivity contribution in [3.05, 3.63) is 47.5 Å². The van der Waals surface area contributed by atoms with Gasteiger partial charge in [0, 0.05) is 5.92 Å². The highest BCUT2D eigenvalue weighted by Crippen LogP contribution is 2.50. The van der Waals surface area contributed by atoms with Crippen molar-refractivity contribution in [2.45, 2.75) is 71.4 Å². The number of carbonyl (C=O) groups excluding carboxylic acids is 3. The first-order valence-electron chi connectivity index (χ1n) is 11.8. The summed E-state index contributed by atoms with van der Waals surface area (Å²) in [6.45, 7) is 12.8. The van der Waals surface area contributed by atoms with Crippen LogP contribution in [0, 0.1) is 11.3 Å². The third kappa shape index (κ3) is 4.84. The first kappa shape index (κ1) is 26.2. The Labute approximate surface area is 203 Å². The molecule has 1 aromatic carbocycles. The van der Waals surface area contributed by atoms with E-state index < -0.39 is 43.7 Å². The molecule has 8 heteroatoms. The lowest BCUT2D eigenvalue weighted by atomic mass is 9.62. The Morgan fingerprint density at radius 1 is 1.18 bits per heavy atom. The number of rotatable bonds is 5. The number of nitrogens with zero attached hydrogens (tertiary/aromatic N) is 1. The molecule has 0 unspecified atom stereocenters. The lowest BCUT2D eigenvalue weighted by Gasteiger charge is -2.52. The number of esters is 1. The molecule has 1 aliphatic carbocycles. The average molecular weight is 488 g/mol. The molecule has 1 heterocycles. The highest BCUT2D eigenvalue weighted by molar-refractivity contribution is 6.74. The summed E-state index contributed by atoms with van der Waals surface area (Å²) in [5.41, 5.74) is 0.390. The van der Waals surface area contributed by atoms with Gasteiger partial charge in [-0.05, 0) is 43.5 Å². The summed E-state index contributed by atoms with van der Waals surface area (Å²) >= 11 is 0. The van der Waals surface area contributed by atoms with E-state index >= 15 is 0 Å². The Hall–Kier alpha value is -2.45. The maximum absolute atomic E-state index is 13.8. The third-order valence-corrected chi connectivity index (χ3v) is 12.1. The molecule has 0 spiro atoms. The number of methoxy groups -OCH3 is 1. The molecule has 3 rings (SSSR count). The molecular formula is C26H37NO6Si. The van der Waals surface area contributed by atoms with Crippen molar-refractivity contribution in [1.82, 2.24) is 4.90 Å². The number of fused-ring (bicyclic) bond motifs is 1. The number of piperidine rings is 1. The molecule has 1 aliphatic heterocycles. The molecule has 34 heavy (non-hydrogen) atoms. The van der Waals surface area contributed by atoms with Gasteiger partial charge < -0.3 is 13.9 Å². The van der Waals surface area contributed by atoms with E-state index in [0.717, 1.165) is 16.0 Å². The normalized spacial score (nSPS) is 25.3. The van der Waals surface area contributed by atoms with Gasteiger partial charge in [-0.2, -0.15) is 0 Å². The number of allylic oxidation sites excluding steroid dienone is 2. The summed E-state index contributed by atoms with van der Waals surface area (Å²) in [6.07, 6.45) is 1.32. The number of hydrogen-bond donors (Lipinski definition) is 0. The van der Waals surface area contributed by atoms with Gasteiger partial charge in [-0.3, -0.25) is 9.59 Å². The maximum atomic E-state index is 13.8. The molecule has 2 amide bonds. The van der Waals surface area contributed by atoms with E-state index in [-0.39, 0.29) is 24.6 Å². The van der Waals surface area contributed by atoms with Crippen LogP contribution < -0.4 is 0 Å². The summed E-state index contributed by atoms with van der Waals surface area (Å²) < 4.78 is 17.4. The summed E-state index contributed by atoms with van der Waals surface area (Å²) in [4.78, 5) is 41.2. The van der Waals surface area contributed by atoms with Gasteiger partial charge in [0.25, 0.3) is 0 Å². The molecular weight excluding hydrogens is 450 g/mol. The number of hydrogen-bond acceptors (Lipinski definition) is 6. The number of benzene rings is 1. The Kier molecular flexibility index (Phi) is 7.43. The second kappa shape index (κ2) is 9.66. The van der Waals surface area contributed by atoms with Gasteiger partial charge in [-0.25, -0.2) is 9.69 Å². The third-order valence-electron chi connectivity index (χ3n) is 7.61. The second-order valence-corrected chi connectivity index (χ2v) is 15.7. The number of imide groups is 1. The van der Waals surface area contributed by atoms with Crippen molar-refractivity contribution in [1.29, 1.82) is 0 Å². The standard InChI is InChI=1S/C26H37NO6Si/c1-18-13-14-26(23(29)32-17-19-11-9-8-10-12-19)20(15-18)21(33-34(6,7)25(2,3)4)16-27(22(26)28)24(30)31-5/h8-13,20-21H,14-17H2,1-7H3/t20-,21+,26+/m0/s1. The van der Waals surface area contributed by atoms with Gasteiger partial charge in [-0.1, -0.05) is 62.8 Å². The van der Waals surface area contributed by atoms with E-state index in [1.807, 2.05) is 43.3 Å². The highest BCUT2D eigenvalue weighted by atomic mass is 28.4. The quantitative estimate of drug-likeness (QED) is 0.250. The van der Waals surface area contributed by atoms with Crippen LogP contribution in [0.5, 0.6) is 0 Å². The van der Waals surface area contributed by atoms with Crippen LogP contribution in [0.25, 0.3) is 0 Å². The minimum absolute atomic E-state index is 0.0517. The van der Waals surface area contributed by atoms with Crippen LogP contribution in [0.15, 0.2) is 42.0 Å². The smallest absolute Gasteiger partial charge is 0.416 e. The van der Waals surface area contributed by atoms with Crippen LogP contribution in [0.4, 0.5) is 4.79 Å². The molecule has 1 aromatic rings. The minimum Gasteiger partial charge on any atom is -0.460 e. The Morgan fingerprint density at radius 2 is 1.82 bits per heavy atom. The molecule has 1 fully saturated rings. The van der Waals surface area contributed by atoms with Crippen LogP contribution in [-0.4, -0.2) is 50.9 Å². The highest BCUT2D eigenvalue weighted by Gasteiger charge is 2.63. The monoisotopic (exact) mass is 487 g/mol. The number of amides is 2. The van der Waals surface area contributed by atoms with Crippen LogP contribution in [-0.2, 0) is 30.1 Å². The SMILES string of the molecule is COC(=O)N1C[C@@H](O[Si](C)(C)C(C)(C)C)[C@@H]2CC(C)=CC[C@]2(C(=O)OCc2ccccc2)C1=O. The summed E-state index contributed by atoms with van der Waals surface area (Å²) in [6, 6.07) is 9.34. The van der Waals surface area contributed by atoms with E-state index in [2.05, 4.69) is 33.9 Å². The first-order valence-corrected chi connectivity index (χ1v) is 14.7. The van der Waals surface area contributed by atoms with Crippen molar-refractivity contribution in [3.8, 4) is 0 Å². The van der Waals surface area contributed by atoms with Gasteiger partial charge in [0.1, 0.15) is 6.61 Å². The van der Waals surface area contributed by atoms with Crippen molar-refractivity contribution >= 4 is 26.3 Å². The van der Waals surface area contributed by atoms with E-state index in [0.29, 0.717) is 6.42 Å². The molecule has 3 atom stereocenters. The average Bonchev–Trinajstić information content (AvgIpc) is 2.78. The molecule has 1 saturated heterocycles. The Bertz CT molecular complexity index is 967. The molecule has 0 aromatic heterocycles. The van der Waals surface area contributed by atoms with Gasteiger partial charge in [0.15, 0.2) is 13.7 Å². The lowest BCUT2D eigenvalue weighted by Crippen LogP contribution is -2.66. The maximum Gasteiger partial charge on any atom is 0.416 e. The minimum atomic E-state index is -2.29. The summed E-state index contributed by atoms with van der Waals surface area (Å²) in [7, 11) is -1.05. The zero-order valence-corrected chi connectivity index (χ0v) is 22.3. The lowest BCUT2D eigenvalue weighted by molar-refractivity contribution is -0.181. The first-order chi connectivity index (χ1) is 15.8. The zero-order chi connectivity index (χ0) is 25.3. The summed E-state index contributed by atoms with van der Waals surface area (Å²) in [5, 5.41) is -0.0828. The number of carbonyl (C=O) groups is 3. The van der Waals surface area contributed by atoms with Crippen LogP contribution in [0.3, 0.4) is 0 Å². The van der Waals surface area contributed by atoms with Crippen LogP contribution >= 0.6 is 0 Å². The van der Waals surface area contributed by atoms with Gasteiger partial charge in [0.05, 0.1) is 19.8 Å². The fourth-order valence-corrected chi connectivity index (χ4v) is 5.88. The molecule has 0 saturated carbocycles. The second-order valence-electron chi connectivity index (χ2n) is 10.9. The van der Waals surface area contributed by atoms with Gasteiger partial charge in [0.2, 0.25) is 5.91 Å². The Morgan fingerprint density at radius 3 is 2.41 bits per heavy atom. The fourth-order valence-electron chi connectivity index (χ4n) is 4.53. The molecule has 7 nitrogen and oxygen atoms in total. The summed E-state index contributed by atoms with van der Waals surface area (Å²) in [5.74, 6) is -1.61. The van der Waals surface area contributed by atoms with Crippen molar-refractivity contribution in [3.63, 3.8) is 0 Å². The molecule has 0 bridgehead atoms. The molecule has 0 radical (unpaired) electrons. The van der Waals surface area contributed by atoms with Gasteiger partial charge in [-0.15, -0.1) is 0 Å². The number of ether oxygens (including phenoxy) is 2. The van der Waals surface area contributed by atoms with E-state index in [1.165, 1.54) is 7.11 Å². The van der Waals surface area contributed by atoms with Crippen LogP contribution in [0.2, 0.25) is 18.1 Å². The molecule has 2 aliphatic rings. The largest absolute Gasteiger partial charge is 0.460 e. The zero-order valence-electron chi connectivity index (χ0n) is 21.3.